The number of aromatic nitrogens is 1. The molecule has 0 saturated carbocycles. The number of amides is 2. The van der Waals surface area contributed by atoms with E-state index in [-0.39, 0.29) is 17.2 Å². The Balaban J connectivity index is 1.88. The number of nitrogens with one attached hydrogen (secondary N) is 1. The van der Waals surface area contributed by atoms with E-state index in [1.54, 1.807) is 66.9 Å². The molecule has 8 nitrogen and oxygen atoms in total. The van der Waals surface area contributed by atoms with E-state index in [1.165, 1.54) is 11.8 Å². The first-order valence-electron chi connectivity index (χ1n) is 11.1. The number of aryl methyl sites for hydroxylation is 1. The van der Waals surface area contributed by atoms with Gasteiger partial charge in [-0.3, -0.25) is 24.3 Å². The van der Waals surface area contributed by atoms with Crippen LogP contribution in [0.2, 0.25) is 0 Å². The fraction of sp³-hybridized carbons (Fsp3) is 0.185. The van der Waals surface area contributed by atoms with Gasteiger partial charge in [-0.2, -0.15) is 0 Å². The van der Waals surface area contributed by atoms with Crippen LogP contribution in [0.15, 0.2) is 72.4 Å². The zero-order valence-electron chi connectivity index (χ0n) is 19.6. The Morgan fingerprint density at radius 1 is 1.11 bits per heavy atom. The van der Waals surface area contributed by atoms with Gasteiger partial charge < -0.3 is 15.2 Å². The van der Waals surface area contributed by atoms with Crippen molar-refractivity contribution in [1.82, 2.24) is 4.98 Å². The topological polar surface area (TPSA) is 109 Å². The lowest BCUT2D eigenvalue weighted by molar-refractivity contribution is -0.132. The predicted octanol–water partition coefficient (Wildman–Crippen LogP) is 4.37. The number of anilines is 2. The number of hydrogen-bond acceptors (Lipinski definition) is 6. The van der Waals surface area contributed by atoms with Crippen molar-refractivity contribution in [3.63, 3.8) is 0 Å². The number of hydrogen-bond donors (Lipinski definition) is 2. The van der Waals surface area contributed by atoms with Crippen LogP contribution in [-0.2, 0) is 14.4 Å². The molecule has 0 radical (unpaired) electrons. The molecule has 0 bridgehead atoms. The summed E-state index contributed by atoms with van der Waals surface area (Å²) in [7, 11) is 0. The van der Waals surface area contributed by atoms with E-state index in [0.717, 1.165) is 5.56 Å². The molecule has 2 N–H and O–H groups in total. The highest BCUT2D eigenvalue weighted by Gasteiger charge is 2.47. The third-order valence-corrected chi connectivity index (χ3v) is 5.61. The van der Waals surface area contributed by atoms with E-state index in [1.807, 2.05) is 13.8 Å². The number of benzene rings is 2. The second-order valence-corrected chi connectivity index (χ2v) is 8.07. The normalized spacial score (nSPS) is 16.9. The number of pyridine rings is 1. The first kappa shape index (κ1) is 23.7. The number of carbonyl (C=O) groups excluding carboxylic acids is 3. The molecule has 3 aromatic rings. The van der Waals surface area contributed by atoms with Gasteiger partial charge in [-0.15, -0.1) is 0 Å². The minimum absolute atomic E-state index is 0.0674. The largest absolute Gasteiger partial charge is 0.507 e. The van der Waals surface area contributed by atoms with Gasteiger partial charge in [0, 0.05) is 30.1 Å². The fourth-order valence-corrected chi connectivity index (χ4v) is 4.12. The van der Waals surface area contributed by atoms with Crippen molar-refractivity contribution >= 4 is 34.7 Å². The molecule has 35 heavy (non-hydrogen) atoms. The number of aliphatic hydroxyl groups is 1. The molecule has 2 heterocycles. The quantitative estimate of drug-likeness (QED) is 0.314. The number of ketones is 1. The minimum atomic E-state index is -0.962. The van der Waals surface area contributed by atoms with E-state index in [2.05, 4.69) is 10.3 Å². The first-order valence-corrected chi connectivity index (χ1v) is 11.1. The molecule has 2 amide bonds. The van der Waals surface area contributed by atoms with Gasteiger partial charge in [-0.1, -0.05) is 12.1 Å². The van der Waals surface area contributed by atoms with E-state index in [4.69, 9.17) is 4.74 Å². The molecular formula is C27H25N3O5. The Hall–Kier alpha value is -4.46. The third-order valence-electron chi connectivity index (χ3n) is 5.61. The molecule has 1 aliphatic rings. The number of carbonyl (C=O) groups is 3. The maximum atomic E-state index is 13.3. The zero-order chi connectivity index (χ0) is 25.1. The van der Waals surface area contributed by atoms with Crippen molar-refractivity contribution in [2.24, 2.45) is 0 Å². The molecule has 178 valence electrons. The van der Waals surface area contributed by atoms with Crippen LogP contribution >= 0.6 is 0 Å². The lowest BCUT2D eigenvalue weighted by Gasteiger charge is -2.25. The van der Waals surface area contributed by atoms with Crippen molar-refractivity contribution in [2.75, 3.05) is 16.8 Å². The summed E-state index contributed by atoms with van der Waals surface area (Å²) in [6.45, 7) is 5.59. The summed E-state index contributed by atoms with van der Waals surface area (Å²) < 4.78 is 5.57. The van der Waals surface area contributed by atoms with Crippen molar-refractivity contribution < 1.29 is 24.2 Å². The molecule has 1 atom stereocenters. The smallest absolute Gasteiger partial charge is 0.300 e. The van der Waals surface area contributed by atoms with Gasteiger partial charge in [0.2, 0.25) is 5.91 Å². The summed E-state index contributed by atoms with van der Waals surface area (Å²) in [5.74, 6) is -1.53. The molecule has 2 aromatic carbocycles. The Labute approximate surface area is 202 Å². The van der Waals surface area contributed by atoms with Crippen LogP contribution in [0.4, 0.5) is 11.4 Å². The van der Waals surface area contributed by atoms with Crippen LogP contribution in [0.5, 0.6) is 5.75 Å². The van der Waals surface area contributed by atoms with Crippen LogP contribution < -0.4 is 15.0 Å². The van der Waals surface area contributed by atoms with E-state index in [9.17, 15) is 19.5 Å². The Morgan fingerprint density at radius 3 is 2.57 bits per heavy atom. The van der Waals surface area contributed by atoms with Gasteiger partial charge in [0.1, 0.15) is 17.6 Å². The minimum Gasteiger partial charge on any atom is -0.507 e. The van der Waals surface area contributed by atoms with Crippen molar-refractivity contribution in [3.05, 3.63) is 89.3 Å². The molecule has 8 heteroatoms. The molecule has 1 aromatic heterocycles. The highest BCUT2D eigenvalue weighted by molar-refractivity contribution is 6.51. The summed E-state index contributed by atoms with van der Waals surface area (Å²) in [6, 6.07) is 15.9. The Morgan fingerprint density at radius 2 is 1.91 bits per heavy atom. The summed E-state index contributed by atoms with van der Waals surface area (Å²) in [5, 5.41) is 14.0. The van der Waals surface area contributed by atoms with Crippen LogP contribution in [0, 0.1) is 6.92 Å². The lowest BCUT2D eigenvalue weighted by Crippen LogP contribution is -2.30. The number of ether oxygens (including phenoxy) is 1. The first-order chi connectivity index (χ1) is 16.8. The van der Waals surface area contributed by atoms with Crippen molar-refractivity contribution in [3.8, 4) is 5.75 Å². The monoisotopic (exact) mass is 471 g/mol. The summed E-state index contributed by atoms with van der Waals surface area (Å²) >= 11 is 0. The second-order valence-electron chi connectivity index (χ2n) is 8.07. The molecule has 0 aliphatic carbocycles. The van der Waals surface area contributed by atoms with Crippen LogP contribution in [0.1, 0.15) is 36.7 Å². The van der Waals surface area contributed by atoms with Crippen LogP contribution in [0.3, 0.4) is 0 Å². The van der Waals surface area contributed by atoms with E-state index < -0.39 is 17.7 Å². The number of Topliss-reactive ketones (excluding diaryl/α,β-unsaturated/α-hetero) is 1. The second kappa shape index (κ2) is 9.80. The van der Waals surface area contributed by atoms with E-state index in [0.29, 0.717) is 35.0 Å². The van der Waals surface area contributed by atoms with Gasteiger partial charge in [0.25, 0.3) is 11.7 Å². The van der Waals surface area contributed by atoms with Gasteiger partial charge >= 0.3 is 0 Å². The molecule has 4 rings (SSSR count). The lowest BCUT2D eigenvalue weighted by atomic mass is 9.97. The van der Waals surface area contributed by atoms with Crippen LogP contribution in [0.25, 0.3) is 5.76 Å². The Kier molecular flexibility index (Phi) is 6.64. The SMILES string of the molecule is CCOc1ccc(/C(O)=C2\C(=O)C(=O)N(c3cccc(NC(C)=O)c3)C2c2ccccn2)cc1C. The number of nitrogens with zero attached hydrogens (tertiary/aromatic N) is 2. The van der Waals surface area contributed by atoms with Crippen LogP contribution in [-0.4, -0.2) is 34.3 Å². The highest BCUT2D eigenvalue weighted by Crippen LogP contribution is 2.42. The standard InChI is InChI=1S/C27H25N3O5/c1-4-35-22-12-11-18(14-16(22)2)25(32)23-24(21-10-5-6-13-28-21)30(27(34)26(23)33)20-9-7-8-19(15-20)29-17(3)31/h5-15,24,32H,4H2,1-3H3,(H,29,31)/b25-23+. The highest BCUT2D eigenvalue weighted by atomic mass is 16.5. The maximum Gasteiger partial charge on any atom is 0.300 e. The average Bonchev–Trinajstić information content (AvgIpc) is 3.11. The van der Waals surface area contributed by atoms with Gasteiger partial charge in [-0.25, -0.2) is 0 Å². The molecule has 1 unspecified atom stereocenters. The Bertz CT molecular complexity index is 1330. The maximum absolute atomic E-state index is 13.3. The molecule has 1 aliphatic heterocycles. The molecule has 1 fully saturated rings. The van der Waals surface area contributed by atoms with Gasteiger partial charge in [0.15, 0.2) is 0 Å². The van der Waals surface area contributed by atoms with Gasteiger partial charge in [0.05, 0.1) is 17.9 Å². The number of rotatable bonds is 6. The zero-order valence-corrected chi connectivity index (χ0v) is 19.6. The van der Waals surface area contributed by atoms with Gasteiger partial charge in [-0.05, 0) is 67.9 Å². The summed E-state index contributed by atoms with van der Waals surface area (Å²) in [5.41, 5.74) is 2.37. The molecule has 0 spiro atoms. The third kappa shape index (κ3) is 4.63. The predicted molar refractivity (Wildman–Crippen MR) is 132 cm³/mol. The van der Waals surface area contributed by atoms with Crippen molar-refractivity contribution in [1.29, 1.82) is 0 Å². The average molecular weight is 472 g/mol. The molecular weight excluding hydrogens is 446 g/mol. The summed E-state index contributed by atoms with van der Waals surface area (Å²) in [6.07, 6.45) is 1.56. The summed E-state index contributed by atoms with van der Waals surface area (Å²) in [4.78, 5) is 43.8. The molecule has 1 saturated heterocycles. The fourth-order valence-electron chi connectivity index (χ4n) is 4.12. The van der Waals surface area contributed by atoms with E-state index >= 15 is 0 Å². The number of aliphatic hydroxyl groups excluding tert-OH is 1. The van der Waals surface area contributed by atoms with Crippen molar-refractivity contribution in [2.45, 2.75) is 26.8 Å².